The highest BCUT2D eigenvalue weighted by Gasteiger charge is 2.35. The van der Waals surface area contributed by atoms with E-state index in [1.165, 1.54) is 36.7 Å². The van der Waals surface area contributed by atoms with Crippen LogP contribution >= 0.6 is 0 Å². The number of aliphatic hydroxyl groups excluding tert-OH is 1. The number of carbonyl (C=O) groups excluding carboxylic acids is 1. The lowest BCUT2D eigenvalue weighted by molar-refractivity contribution is 0.0637. The van der Waals surface area contributed by atoms with E-state index in [9.17, 15) is 18.3 Å². The molecule has 0 unspecified atom stereocenters. The Hall–Kier alpha value is -1.64. The number of benzene rings is 1. The predicted molar refractivity (Wildman–Crippen MR) is 111 cm³/mol. The number of nitrogens with zero attached hydrogens (tertiary/aromatic N) is 2. The molecule has 8 heteroatoms. The van der Waals surface area contributed by atoms with Crippen molar-refractivity contribution in [2.45, 2.75) is 62.5 Å². The Bertz CT molecular complexity index is 833. The first kappa shape index (κ1) is 22.1. The zero-order valence-electron chi connectivity index (χ0n) is 17.5. The van der Waals surface area contributed by atoms with Crippen LogP contribution in [0.25, 0.3) is 0 Å². The first-order valence-corrected chi connectivity index (χ1v) is 11.8. The molecule has 0 bridgehead atoms. The van der Waals surface area contributed by atoms with E-state index in [2.05, 4.69) is 6.92 Å². The van der Waals surface area contributed by atoms with Crippen molar-refractivity contribution in [2.24, 2.45) is 5.92 Å². The number of rotatable bonds is 5. The SMILES string of the molecule is COc1ccc(S(=O)(=O)N(C)[C@@H]2CCCC[C@H]2O)cc1C(=O)N1CCC(C)CC1. The van der Waals surface area contributed by atoms with Gasteiger partial charge in [-0.25, -0.2) is 8.42 Å². The fourth-order valence-electron chi connectivity index (χ4n) is 4.26. The molecule has 162 valence electrons. The number of methoxy groups -OCH3 is 1. The first-order chi connectivity index (χ1) is 13.8. The van der Waals surface area contributed by atoms with Crippen molar-refractivity contribution < 1.29 is 23.1 Å². The number of carbonyl (C=O) groups is 1. The van der Waals surface area contributed by atoms with Gasteiger partial charge in [0.15, 0.2) is 0 Å². The number of piperidine rings is 1. The number of hydrogen-bond donors (Lipinski definition) is 1. The van der Waals surface area contributed by atoms with Crippen molar-refractivity contribution in [3.8, 4) is 5.75 Å². The van der Waals surface area contributed by atoms with Crippen LogP contribution in [-0.2, 0) is 10.0 Å². The van der Waals surface area contributed by atoms with Gasteiger partial charge in [-0.15, -0.1) is 0 Å². The summed E-state index contributed by atoms with van der Waals surface area (Å²) in [5.74, 6) is 0.752. The molecule has 1 heterocycles. The number of amides is 1. The van der Waals surface area contributed by atoms with Crippen LogP contribution in [-0.4, -0.2) is 68.0 Å². The monoisotopic (exact) mass is 424 g/mol. The lowest BCUT2D eigenvalue weighted by Gasteiger charge is -2.34. The molecular formula is C21H32N2O5S. The molecule has 7 nitrogen and oxygen atoms in total. The number of aliphatic hydroxyl groups is 1. The second-order valence-corrected chi connectivity index (χ2v) is 10.3. The van der Waals surface area contributed by atoms with Gasteiger partial charge in [-0.2, -0.15) is 4.31 Å². The van der Waals surface area contributed by atoms with Gasteiger partial charge in [0.25, 0.3) is 5.91 Å². The molecule has 1 aromatic rings. The van der Waals surface area contributed by atoms with E-state index in [4.69, 9.17) is 4.74 Å². The Labute approximate surface area is 173 Å². The van der Waals surface area contributed by atoms with Gasteiger partial charge in [0.2, 0.25) is 10.0 Å². The molecule has 2 atom stereocenters. The Morgan fingerprint density at radius 2 is 1.83 bits per heavy atom. The standard InChI is InChI=1S/C21H32N2O5S/c1-15-10-12-23(13-11-15)21(25)17-14-16(8-9-20(17)28-3)29(26,27)22(2)18-6-4-5-7-19(18)24/h8-9,14-15,18-19,24H,4-7,10-13H2,1-3H3/t18-,19-/m1/s1. The van der Waals surface area contributed by atoms with E-state index in [1.807, 2.05) is 0 Å². The molecule has 1 N–H and O–H groups in total. The minimum Gasteiger partial charge on any atom is -0.496 e. The molecule has 1 saturated carbocycles. The second kappa shape index (κ2) is 9.02. The van der Waals surface area contributed by atoms with Crippen molar-refractivity contribution in [1.29, 1.82) is 0 Å². The van der Waals surface area contributed by atoms with E-state index in [0.717, 1.165) is 25.7 Å². The summed E-state index contributed by atoms with van der Waals surface area (Å²) in [5, 5.41) is 10.3. The fourth-order valence-corrected chi connectivity index (χ4v) is 5.70. The average molecular weight is 425 g/mol. The fraction of sp³-hybridized carbons (Fsp3) is 0.667. The van der Waals surface area contributed by atoms with Gasteiger partial charge >= 0.3 is 0 Å². The molecule has 0 radical (unpaired) electrons. The lowest BCUT2D eigenvalue weighted by atomic mass is 9.93. The van der Waals surface area contributed by atoms with Gasteiger partial charge in [0.1, 0.15) is 5.75 Å². The zero-order chi connectivity index (χ0) is 21.2. The van der Waals surface area contributed by atoms with Crippen molar-refractivity contribution in [3.63, 3.8) is 0 Å². The van der Waals surface area contributed by atoms with Crippen molar-refractivity contribution in [3.05, 3.63) is 23.8 Å². The molecule has 1 aliphatic carbocycles. The molecule has 1 aromatic carbocycles. The summed E-state index contributed by atoms with van der Waals surface area (Å²) < 4.78 is 33.0. The number of ether oxygens (including phenoxy) is 1. The van der Waals surface area contributed by atoms with Crippen LogP contribution in [0.15, 0.2) is 23.1 Å². The highest BCUT2D eigenvalue weighted by Crippen LogP contribution is 2.30. The van der Waals surface area contributed by atoms with Gasteiger partial charge < -0.3 is 14.7 Å². The topological polar surface area (TPSA) is 87.1 Å². The van der Waals surface area contributed by atoms with Crippen LogP contribution in [0.3, 0.4) is 0 Å². The van der Waals surface area contributed by atoms with Crippen LogP contribution in [0, 0.1) is 5.92 Å². The van der Waals surface area contributed by atoms with Crippen LogP contribution < -0.4 is 4.74 Å². The predicted octanol–water partition coefficient (Wildman–Crippen LogP) is 2.49. The number of likely N-dealkylation sites (N-methyl/N-ethyl adjacent to an activating group) is 1. The summed E-state index contributed by atoms with van der Waals surface area (Å²) in [4.78, 5) is 14.9. The molecule has 1 aliphatic heterocycles. The lowest BCUT2D eigenvalue weighted by Crippen LogP contribution is -2.46. The molecule has 2 fully saturated rings. The van der Waals surface area contributed by atoms with Gasteiger partial charge in [0, 0.05) is 20.1 Å². The maximum absolute atomic E-state index is 13.2. The number of sulfonamides is 1. The Kier molecular flexibility index (Phi) is 6.86. The average Bonchev–Trinajstić information content (AvgIpc) is 2.73. The Morgan fingerprint density at radius 3 is 2.45 bits per heavy atom. The zero-order valence-corrected chi connectivity index (χ0v) is 18.3. The molecule has 0 spiro atoms. The van der Waals surface area contributed by atoms with Crippen molar-refractivity contribution in [2.75, 3.05) is 27.2 Å². The molecule has 3 rings (SSSR count). The smallest absolute Gasteiger partial charge is 0.257 e. The van der Waals surface area contributed by atoms with E-state index >= 15 is 0 Å². The highest BCUT2D eigenvalue weighted by atomic mass is 32.2. The normalized spacial score (nSPS) is 24.0. The van der Waals surface area contributed by atoms with Crippen LogP contribution in [0.5, 0.6) is 5.75 Å². The third kappa shape index (κ3) is 4.59. The molecule has 1 saturated heterocycles. The Morgan fingerprint density at radius 1 is 1.17 bits per heavy atom. The first-order valence-electron chi connectivity index (χ1n) is 10.4. The molecule has 29 heavy (non-hydrogen) atoms. The Balaban J connectivity index is 1.90. The molecule has 2 aliphatic rings. The van der Waals surface area contributed by atoms with Gasteiger partial charge in [-0.3, -0.25) is 4.79 Å². The maximum Gasteiger partial charge on any atom is 0.257 e. The van der Waals surface area contributed by atoms with Crippen LogP contribution in [0.4, 0.5) is 0 Å². The van der Waals surface area contributed by atoms with E-state index in [-0.39, 0.29) is 16.4 Å². The van der Waals surface area contributed by atoms with Gasteiger partial charge in [-0.05, 0) is 49.8 Å². The van der Waals surface area contributed by atoms with Crippen molar-refractivity contribution in [1.82, 2.24) is 9.21 Å². The van der Waals surface area contributed by atoms with E-state index in [0.29, 0.717) is 37.6 Å². The van der Waals surface area contributed by atoms with Crippen LogP contribution in [0.2, 0.25) is 0 Å². The summed E-state index contributed by atoms with van der Waals surface area (Å²) in [7, 11) is -0.863. The van der Waals surface area contributed by atoms with E-state index < -0.39 is 22.2 Å². The minimum atomic E-state index is -3.84. The summed E-state index contributed by atoms with van der Waals surface area (Å²) in [6.07, 6.45) is 4.23. The summed E-state index contributed by atoms with van der Waals surface area (Å²) in [6.45, 7) is 3.49. The molecule has 0 aromatic heterocycles. The second-order valence-electron chi connectivity index (χ2n) is 8.28. The van der Waals surface area contributed by atoms with Gasteiger partial charge in [-0.1, -0.05) is 19.8 Å². The minimum absolute atomic E-state index is 0.0484. The maximum atomic E-state index is 13.2. The number of hydrogen-bond acceptors (Lipinski definition) is 5. The summed E-state index contributed by atoms with van der Waals surface area (Å²) >= 11 is 0. The largest absolute Gasteiger partial charge is 0.496 e. The van der Waals surface area contributed by atoms with E-state index in [1.54, 1.807) is 4.90 Å². The van der Waals surface area contributed by atoms with Gasteiger partial charge in [0.05, 0.1) is 29.7 Å². The summed E-state index contributed by atoms with van der Waals surface area (Å²) in [6, 6.07) is 3.98. The number of likely N-dealkylation sites (tertiary alicyclic amines) is 1. The molecular weight excluding hydrogens is 392 g/mol. The third-order valence-electron chi connectivity index (χ3n) is 6.31. The van der Waals surface area contributed by atoms with Crippen molar-refractivity contribution >= 4 is 15.9 Å². The van der Waals surface area contributed by atoms with Crippen LogP contribution in [0.1, 0.15) is 55.8 Å². The quantitative estimate of drug-likeness (QED) is 0.785. The highest BCUT2D eigenvalue weighted by molar-refractivity contribution is 7.89. The molecule has 1 amide bonds. The third-order valence-corrected chi connectivity index (χ3v) is 8.19. The summed E-state index contributed by atoms with van der Waals surface area (Å²) in [5.41, 5.74) is 0.265.